The van der Waals surface area contributed by atoms with Crippen LogP contribution in [0.5, 0.6) is 5.88 Å². The van der Waals surface area contributed by atoms with E-state index in [0.29, 0.717) is 44.8 Å². The number of nitrogens with one attached hydrogen (secondary N) is 1. The fraction of sp³-hybridized carbons (Fsp3) is 0.359. The summed E-state index contributed by atoms with van der Waals surface area (Å²) in [6.45, 7) is 5.51. The Bertz CT molecular complexity index is 1710. The van der Waals surface area contributed by atoms with Gasteiger partial charge in [0, 0.05) is 102 Å². The average molecular weight is 665 g/mol. The number of hydrogen-bond donors (Lipinski definition) is 1. The summed E-state index contributed by atoms with van der Waals surface area (Å²) in [7, 11) is 6.12. The minimum absolute atomic E-state index is 0.0459. The second-order valence-electron chi connectivity index (χ2n) is 13.1. The zero-order valence-electron chi connectivity index (χ0n) is 28.6. The molecule has 0 radical (unpaired) electrons. The van der Waals surface area contributed by atoms with Crippen LogP contribution in [-0.2, 0) is 6.42 Å². The van der Waals surface area contributed by atoms with E-state index < -0.39 is 11.7 Å². The summed E-state index contributed by atoms with van der Waals surface area (Å²) in [5, 5.41) is 2.86. The number of carbonyl (C=O) groups excluding carboxylic acids is 2. The van der Waals surface area contributed by atoms with Crippen LogP contribution >= 0.6 is 0 Å². The topological polar surface area (TPSA) is 81.2 Å². The molecule has 2 amide bonds. The van der Waals surface area contributed by atoms with Crippen molar-refractivity contribution in [3.63, 3.8) is 0 Å². The zero-order valence-corrected chi connectivity index (χ0v) is 28.6. The third kappa shape index (κ3) is 8.56. The number of likely N-dealkylation sites (N-methyl/N-ethyl adjacent to an activating group) is 1. The lowest BCUT2D eigenvalue weighted by Gasteiger charge is -2.34. The third-order valence-electron chi connectivity index (χ3n) is 9.43. The van der Waals surface area contributed by atoms with Crippen molar-refractivity contribution in [2.24, 2.45) is 0 Å². The second kappa shape index (κ2) is 15.5. The van der Waals surface area contributed by atoms with Crippen LogP contribution in [0.15, 0.2) is 85.1 Å². The number of halogens is 1. The normalized spacial score (nSPS) is 15.6. The van der Waals surface area contributed by atoms with Crippen molar-refractivity contribution in [1.82, 2.24) is 20.1 Å². The van der Waals surface area contributed by atoms with Gasteiger partial charge >= 0.3 is 0 Å². The van der Waals surface area contributed by atoms with Crippen molar-refractivity contribution in [1.29, 1.82) is 0 Å². The minimum atomic E-state index is -0.561. The summed E-state index contributed by atoms with van der Waals surface area (Å²) >= 11 is 0. The Hall–Kier alpha value is -4.96. The molecule has 49 heavy (non-hydrogen) atoms. The molecule has 10 heteroatoms. The van der Waals surface area contributed by atoms with Gasteiger partial charge in [0.15, 0.2) is 0 Å². The Labute approximate surface area is 288 Å². The molecule has 2 aliphatic heterocycles. The molecule has 0 saturated carbocycles. The van der Waals surface area contributed by atoms with Gasteiger partial charge in [-0.15, -0.1) is 0 Å². The van der Waals surface area contributed by atoms with E-state index in [-0.39, 0.29) is 23.1 Å². The molecule has 6 rings (SSSR count). The lowest BCUT2D eigenvalue weighted by molar-refractivity contribution is 0.0584. The van der Waals surface area contributed by atoms with Crippen molar-refractivity contribution < 1.29 is 18.7 Å². The van der Waals surface area contributed by atoms with Crippen LogP contribution in [0.25, 0.3) is 11.1 Å². The summed E-state index contributed by atoms with van der Waals surface area (Å²) < 4.78 is 20.4. The maximum Gasteiger partial charge on any atom is 0.254 e. The molecule has 0 aliphatic carbocycles. The molecule has 2 saturated heterocycles. The first kappa shape index (κ1) is 33.9. The monoisotopic (exact) mass is 664 g/mol. The number of likely N-dealkylation sites (tertiary alicyclic amines) is 1. The van der Waals surface area contributed by atoms with Gasteiger partial charge in [0.1, 0.15) is 11.9 Å². The van der Waals surface area contributed by atoms with Gasteiger partial charge in [0.25, 0.3) is 11.8 Å². The fourth-order valence-corrected chi connectivity index (χ4v) is 6.34. The Balaban J connectivity index is 0.994. The third-order valence-corrected chi connectivity index (χ3v) is 9.43. The highest BCUT2D eigenvalue weighted by Gasteiger charge is 2.28. The van der Waals surface area contributed by atoms with Crippen LogP contribution in [0.2, 0.25) is 0 Å². The van der Waals surface area contributed by atoms with Crippen LogP contribution in [0.1, 0.15) is 39.1 Å². The van der Waals surface area contributed by atoms with Crippen molar-refractivity contribution in [3.8, 4) is 17.0 Å². The van der Waals surface area contributed by atoms with E-state index in [2.05, 4.69) is 51.4 Å². The van der Waals surface area contributed by atoms with E-state index in [1.807, 2.05) is 61.6 Å². The van der Waals surface area contributed by atoms with Crippen LogP contribution in [0.3, 0.4) is 0 Å². The number of aromatic nitrogens is 1. The quantitative estimate of drug-likeness (QED) is 0.245. The van der Waals surface area contributed by atoms with Crippen molar-refractivity contribution in [3.05, 3.63) is 108 Å². The molecule has 3 heterocycles. The van der Waals surface area contributed by atoms with Crippen LogP contribution in [0.4, 0.5) is 15.8 Å². The molecule has 2 aliphatic rings. The number of piperidine rings is 1. The molecule has 9 nitrogen and oxygen atoms in total. The van der Waals surface area contributed by atoms with Gasteiger partial charge in [0.2, 0.25) is 5.88 Å². The van der Waals surface area contributed by atoms with E-state index in [1.165, 1.54) is 17.8 Å². The summed E-state index contributed by atoms with van der Waals surface area (Å²) in [6.07, 6.45) is 3.61. The number of amides is 2. The molecule has 0 atom stereocenters. The lowest BCUT2D eigenvalue weighted by atomic mass is 10.0. The van der Waals surface area contributed by atoms with Crippen LogP contribution in [-0.4, -0.2) is 99.7 Å². The highest BCUT2D eigenvalue weighted by atomic mass is 19.1. The molecule has 4 aromatic rings. The van der Waals surface area contributed by atoms with Crippen molar-refractivity contribution >= 4 is 23.2 Å². The van der Waals surface area contributed by atoms with E-state index in [4.69, 9.17) is 4.74 Å². The Morgan fingerprint density at radius 2 is 1.55 bits per heavy atom. The SMILES string of the molecule is CN1CCN(c2ccc(-c3ccc(OC4CCN(C(=O)c5ccc(F)cc5C(=O)NCCc5ccc(N(C)C)cc5)CC4)nc3)cc2)CC1. The van der Waals surface area contributed by atoms with Gasteiger partial charge in [-0.3, -0.25) is 9.59 Å². The predicted molar refractivity (Wildman–Crippen MR) is 192 cm³/mol. The molecule has 1 N–H and O–H groups in total. The largest absolute Gasteiger partial charge is 0.474 e. The Morgan fingerprint density at radius 3 is 2.20 bits per heavy atom. The van der Waals surface area contributed by atoms with Crippen molar-refractivity contribution in [2.75, 3.05) is 76.8 Å². The van der Waals surface area contributed by atoms with Gasteiger partial charge in [0.05, 0.1) is 11.1 Å². The highest BCUT2D eigenvalue weighted by Crippen LogP contribution is 2.26. The van der Waals surface area contributed by atoms with Gasteiger partial charge < -0.3 is 29.7 Å². The molecule has 1 aromatic heterocycles. The number of nitrogens with zero attached hydrogens (tertiary/aromatic N) is 5. The summed E-state index contributed by atoms with van der Waals surface area (Å²) in [5.41, 5.74) is 5.78. The first-order valence-corrected chi connectivity index (χ1v) is 17.0. The molecule has 0 unspecified atom stereocenters. The molecule has 2 fully saturated rings. The van der Waals surface area contributed by atoms with Crippen molar-refractivity contribution in [2.45, 2.75) is 25.4 Å². The molecule has 0 bridgehead atoms. The standard InChI is InChI=1S/C39H45FN6O3/c1-43(2)32-10-4-28(5-11-32)16-19-41-38(47)36-26-31(40)9-14-35(36)39(48)46-20-17-34(18-21-46)49-37-15-8-30(27-42-37)29-6-12-33(13-7-29)45-24-22-44(3)23-25-45/h4-15,26-27,34H,16-25H2,1-3H3,(H,41,47). The smallest absolute Gasteiger partial charge is 0.254 e. The number of piperazine rings is 1. The number of ether oxygens (including phenoxy) is 1. The summed E-state index contributed by atoms with van der Waals surface area (Å²) in [5.74, 6) is -0.765. The van der Waals surface area contributed by atoms with E-state index in [9.17, 15) is 14.0 Å². The number of hydrogen-bond acceptors (Lipinski definition) is 7. The van der Waals surface area contributed by atoms with Gasteiger partial charge in [-0.2, -0.15) is 0 Å². The predicted octanol–water partition coefficient (Wildman–Crippen LogP) is 5.36. The van der Waals surface area contributed by atoms with E-state index in [0.717, 1.165) is 54.6 Å². The first-order valence-electron chi connectivity index (χ1n) is 17.0. The molecule has 0 spiro atoms. The highest BCUT2D eigenvalue weighted by molar-refractivity contribution is 6.07. The fourth-order valence-electron chi connectivity index (χ4n) is 6.34. The van der Waals surface area contributed by atoms with E-state index >= 15 is 0 Å². The average Bonchev–Trinajstić information content (AvgIpc) is 3.12. The van der Waals surface area contributed by atoms with Gasteiger partial charge in [-0.1, -0.05) is 24.3 Å². The van der Waals surface area contributed by atoms with Gasteiger partial charge in [-0.05, 0) is 73.1 Å². The first-order chi connectivity index (χ1) is 23.7. The Morgan fingerprint density at radius 1 is 0.857 bits per heavy atom. The van der Waals surface area contributed by atoms with Gasteiger partial charge in [-0.25, -0.2) is 9.37 Å². The number of pyridine rings is 1. The number of carbonyl (C=O) groups is 2. The molecular weight excluding hydrogens is 619 g/mol. The van der Waals surface area contributed by atoms with E-state index in [1.54, 1.807) is 4.90 Å². The second-order valence-corrected chi connectivity index (χ2v) is 13.1. The maximum absolute atomic E-state index is 14.2. The molecule has 256 valence electrons. The van der Waals surface area contributed by atoms with Crippen LogP contribution in [0, 0.1) is 5.82 Å². The molecule has 3 aromatic carbocycles. The number of anilines is 2. The molecular formula is C39H45FN6O3. The van der Waals surface area contributed by atoms with Crippen LogP contribution < -0.4 is 19.9 Å². The lowest BCUT2D eigenvalue weighted by Crippen LogP contribution is -2.44. The Kier molecular flexibility index (Phi) is 10.7. The summed E-state index contributed by atoms with van der Waals surface area (Å²) in [4.78, 5) is 39.7. The number of benzene rings is 3. The number of rotatable bonds is 10. The minimum Gasteiger partial charge on any atom is -0.474 e. The maximum atomic E-state index is 14.2. The summed E-state index contributed by atoms with van der Waals surface area (Å²) in [6, 6.07) is 24.4. The zero-order chi connectivity index (χ0) is 34.3.